The van der Waals surface area contributed by atoms with Crippen LogP contribution in [0.25, 0.3) is 0 Å². The van der Waals surface area contributed by atoms with E-state index < -0.39 is 36.0 Å². The molecule has 0 aliphatic rings. The SMILES string of the molecule is CC(=O)N[C@@H](CCCCN)C(=O)N[C@H](C(=O)N[C@@H](CCCNC(N)=O)C(=O)NCCCNCCCCNCCCNC(=O)CC(C)CS)C(C)C. The topological polar surface area (TPSA) is 251 Å². The molecular formula is C34H68N10O6S. The first-order valence-electron chi connectivity index (χ1n) is 18.5. The first-order chi connectivity index (χ1) is 24.3. The lowest BCUT2D eigenvalue weighted by molar-refractivity contribution is -0.134. The number of rotatable bonds is 31. The fourth-order valence-corrected chi connectivity index (χ4v) is 5.17. The van der Waals surface area contributed by atoms with Gasteiger partial charge in [-0.1, -0.05) is 20.8 Å². The number of unbranched alkanes of at least 4 members (excludes halogenated alkanes) is 2. The molecule has 0 aliphatic heterocycles. The molecule has 0 bridgehead atoms. The standard InChI is InChI=1S/C34H68N10O6S/c1-24(2)30(44-32(48)28(42-26(4)45)12-5-6-14-35)33(49)43-27(13-9-19-41-34(36)50)31(47)40-21-11-18-38-16-8-7-15-37-17-10-20-39-29(46)22-25(3)23-51/h24-25,27-28,30,37-38,51H,5-23,35H2,1-4H3,(H,39,46)(H,40,47)(H,42,45)(H,43,49)(H,44,48)(H3,36,41,50)/t25?,27-,28-,30-/m0/s1. The quantitative estimate of drug-likeness (QED) is 0.0327. The Morgan fingerprint density at radius 1 is 0.608 bits per heavy atom. The Hall–Kier alpha value is -3.15. The van der Waals surface area contributed by atoms with E-state index in [1.165, 1.54) is 6.92 Å². The minimum absolute atomic E-state index is 0.0746. The molecule has 1 unspecified atom stereocenters. The van der Waals surface area contributed by atoms with E-state index in [4.69, 9.17) is 11.5 Å². The number of urea groups is 1. The van der Waals surface area contributed by atoms with Crippen molar-refractivity contribution >= 4 is 48.2 Å². The minimum atomic E-state index is -0.952. The summed E-state index contributed by atoms with van der Waals surface area (Å²) in [5.74, 6) is -0.998. The van der Waals surface area contributed by atoms with Gasteiger partial charge in [0, 0.05) is 33.0 Å². The Kier molecular flexibility index (Phi) is 28.6. The third kappa shape index (κ3) is 26.3. The van der Waals surface area contributed by atoms with Gasteiger partial charge in [0.05, 0.1) is 0 Å². The van der Waals surface area contributed by atoms with Gasteiger partial charge in [-0.25, -0.2) is 4.79 Å². The van der Waals surface area contributed by atoms with Crippen LogP contribution in [0, 0.1) is 11.8 Å². The monoisotopic (exact) mass is 745 g/mol. The maximum Gasteiger partial charge on any atom is 0.312 e. The molecule has 7 amide bonds. The Morgan fingerprint density at radius 2 is 1.16 bits per heavy atom. The van der Waals surface area contributed by atoms with E-state index in [0.717, 1.165) is 38.9 Å². The maximum atomic E-state index is 13.4. The third-order valence-corrected chi connectivity index (χ3v) is 8.60. The van der Waals surface area contributed by atoms with Gasteiger partial charge in [-0.15, -0.1) is 0 Å². The van der Waals surface area contributed by atoms with Crippen LogP contribution in [0.4, 0.5) is 4.79 Å². The Morgan fingerprint density at radius 3 is 1.71 bits per heavy atom. The molecule has 16 nitrogen and oxygen atoms in total. The van der Waals surface area contributed by atoms with Gasteiger partial charge in [-0.2, -0.15) is 12.6 Å². The number of hydrogen-bond donors (Lipinski definition) is 11. The number of hydrogen-bond acceptors (Lipinski definition) is 10. The van der Waals surface area contributed by atoms with Crippen LogP contribution in [0.15, 0.2) is 0 Å². The highest BCUT2D eigenvalue weighted by molar-refractivity contribution is 7.80. The lowest BCUT2D eigenvalue weighted by atomic mass is 10.0. The number of carbonyl (C=O) groups is 6. The second-order valence-electron chi connectivity index (χ2n) is 13.3. The number of primary amides is 1. The van der Waals surface area contributed by atoms with E-state index in [1.807, 2.05) is 6.92 Å². The summed E-state index contributed by atoms with van der Waals surface area (Å²) in [4.78, 5) is 74.2. The molecular weight excluding hydrogens is 677 g/mol. The van der Waals surface area contributed by atoms with Crippen LogP contribution in [-0.2, 0) is 24.0 Å². The molecule has 0 aromatic rings. The van der Waals surface area contributed by atoms with E-state index in [2.05, 4.69) is 55.2 Å². The lowest BCUT2D eigenvalue weighted by Crippen LogP contribution is -2.58. The smallest absolute Gasteiger partial charge is 0.312 e. The molecule has 0 rings (SSSR count). The average Bonchev–Trinajstić information content (AvgIpc) is 3.07. The molecule has 4 atom stereocenters. The van der Waals surface area contributed by atoms with Crippen LogP contribution in [-0.4, -0.2) is 112 Å². The molecule has 296 valence electrons. The molecule has 0 aromatic carbocycles. The van der Waals surface area contributed by atoms with Crippen molar-refractivity contribution in [3.63, 3.8) is 0 Å². The fourth-order valence-electron chi connectivity index (χ4n) is 5.04. The van der Waals surface area contributed by atoms with Crippen LogP contribution in [0.3, 0.4) is 0 Å². The highest BCUT2D eigenvalue weighted by Gasteiger charge is 2.31. The molecule has 0 fully saturated rings. The molecule has 0 spiro atoms. The first-order valence-corrected chi connectivity index (χ1v) is 19.1. The lowest BCUT2D eigenvalue weighted by Gasteiger charge is -2.27. The molecule has 0 aliphatic carbocycles. The predicted octanol–water partition coefficient (Wildman–Crippen LogP) is -0.378. The van der Waals surface area contributed by atoms with Gasteiger partial charge >= 0.3 is 6.03 Å². The number of nitrogens with two attached hydrogens (primary N) is 2. The van der Waals surface area contributed by atoms with Gasteiger partial charge in [-0.3, -0.25) is 24.0 Å². The number of amides is 7. The van der Waals surface area contributed by atoms with E-state index in [1.54, 1.807) is 13.8 Å². The van der Waals surface area contributed by atoms with Gasteiger partial charge in [0.1, 0.15) is 18.1 Å². The van der Waals surface area contributed by atoms with Gasteiger partial charge in [0.2, 0.25) is 29.5 Å². The van der Waals surface area contributed by atoms with Crippen molar-refractivity contribution in [1.29, 1.82) is 0 Å². The fraction of sp³-hybridized carbons (Fsp3) is 0.824. The molecule has 51 heavy (non-hydrogen) atoms. The van der Waals surface area contributed by atoms with Crippen LogP contribution in [0.5, 0.6) is 0 Å². The zero-order valence-corrected chi connectivity index (χ0v) is 32.3. The van der Waals surface area contributed by atoms with E-state index >= 15 is 0 Å². The molecule has 0 heterocycles. The summed E-state index contributed by atoms with van der Waals surface area (Å²) >= 11 is 4.21. The molecule has 12 N–H and O–H groups in total. The normalized spacial score (nSPS) is 13.4. The van der Waals surface area contributed by atoms with Gasteiger partial charge in [0.25, 0.3) is 0 Å². The predicted molar refractivity (Wildman–Crippen MR) is 204 cm³/mol. The summed E-state index contributed by atoms with van der Waals surface area (Å²) < 4.78 is 0. The Labute approximate surface area is 310 Å². The molecule has 0 radical (unpaired) electrons. The number of carbonyl (C=O) groups excluding carboxylic acids is 6. The van der Waals surface area contributed by atoms with Gasteiger partial charge < -0.3 is 54.0 Å². The van der Waals surface area contributed by atoms with Crippen molar-refractivity contribution in [2.75, 3.05) is 58.1 Å². The van der Waals surface area contributed by atoms with Crippen molar-refractivity contribution in [2.45, 2.75) is 110 Å². The van der Waals surface area contributed by atoms with Crippen molar-refractivity contribution in [2.24, 2.45) is 23.3 Å². The zero-order chi connectivity index (χ0) is 38.4. The summed E-state index contributed by atoms with van der Waals surface area (Å²) in [6.07, 6.45) is 6.40. The average molecular weight is 745 g/mol. The summed E-state index contributed by atoms with van der Waals surface area (Å²) in [7, 11) is 0. The van der Waals surface area contributed by atoms with Gasteiger partial charge in [0.15, 0.2) is 0 Å². The summed E-state index contributed by atoms with van der Waals surface area (Å²) in [5, 5.41) is 23.2. The van der Waals surface area contributed by atoms with Crippen LogP contribution in [0.2, 0.25) is 0 Å². The summed E-state index contributed by atoms with van der Waals surface area (Å²) in [6, 6.07) is -3.36. The molecule has 0 aromatic heterocycles. The van der Waals surface area contributed by atoms with E-state index in [9.17, 15) is 28.8 Å². The maximum absolute atomic E-state index is 13.4. The molecule has 0 saturated carbocycles. The molecule has 0 saturated heterocycles. The third-order valence-electron chi connectivity index (χ3n) is 7.97. The zero-order valence-electron chi connectivity index (χ0n) is 31.4. The Bertz CT molecular complexity index is 1020. The Balaban J connectivity index is 4.69. The summed E-state index contributed by atoms with van der Waals surface area (Å²) in [5.41, 5.74) is 10.7. The number of nitrogens with one attached hydrogen (secondary N) is 8. The van der Waals surface area contributed by atoms with Crippen LogP contribution in [0.1, 0.15) is 91.9 Å². The van der Waals surface area contributed by atoms with E-state index in [0.29, 0.717) is 70.5 Å². The molecule has 17 heteroatoms. The van der Waals surface area contributed by atoms with Gasteiger partial charge in [-0.05, 0) is 108 Å². The second-order valence-corrected chi connectivity index (χ2v) is 13.7. The van der Waals surface area contributed by atoms with Crippen molar-refractivity contribution in [3.8, 4) is 0 Å². The second kappa shape index (κ2) is 30.5. The van der Waals surface area contributed by atoms with Crippen LogP contribution >= 0.6 is 12.6 Å². The summed E-state index contributed by atoms with van der Waals surface area (Å²) in [6.45, 7) is 11.9. The highest BCUT2D eigenvalue weighted by atomic mass is 32.1. The van der Waals surface area contributed by atoms with Crippen molar-refractivity contribution in [3.05, 3.63) is 0 Å². The van der Waals surface area contributed by atoms with Crippen molar-refractivity contribution < 1.29 is 28.8 Å². The first kappa shape index (κ1) is 47.8. The highest BCUT2D eigenvalue weighted by Crippen LogP contribution is 2.08. The largest absolute Gasteiger partial charge is 0.356 e. The van der Waals surface area contributed by atoms with Crippen molar-refractivity contribution in [1.82, 2.24) is 42.5 Å². The van der Waals surface area contributed by atoms with Crippen LogP contribution < -0.4 is 54.0 Å². The van der Waals surface area contributed by atoms with E-state index in [-0.39, 0.29) is 42.5 Å². The minimum Gasteiger partial charge on any atom is -0.356 e. The number of thiol groups is 1.